The van der Waals surface area contributed by atoms with Crippen molar-refractivity contribution in [2.45, 2.75) is 25.4 Å². The Kier molecular flexibility index (Phi) is 3.50. The second-order valence-electron chi connectivity index (χ2n) is 3.95. The normalized spacial score (nSPS) is 35.0. The van der Waals surface area contributed by atoms with Crippen LogP contribution >= 0.6 is 0 Å². The van der Waals surface area contributed by atoms with Crippen LogP contribution < -0.4 is 5.73 Å². The quantitative estimate of drug-likeness (QED) is 0.601. The fourth-order valence-corrected chi connectivity index (χ4v) is 1.79. The lowest BCUT2D eigenvalue weighted by Crippen LogP contribution is -2.45. The Hall–Kier alpha value is -0.120. The van der Waals surface area contributed by atoms with E-state index in [1.54, 1.807) is 0 Å². The van der Waals surface area contributed by atoms with Gasteiger partial charge in [0.25, 0.3) is 0 Å². The van der Waals surface area contributed by atoms with Crippen molar-refractivity contribution in [1.82, 2.24) is 9.80 Å². The van der Waals surface area contributed by atoms with E-state index in [2.05, 4.69) is 30.8 Å². The van der Waals surface area contributed by atoms with Gasteiger partial charge in [0.15, 0.2) is 0 Å². The monoisotopic (exact) mass is 171 g/mol. The fraction of sp³-hybridized carbons (Fsp3) is 1.00. The van der Waals surface area contributed by atoms with Crippen molar-refractivity contribution in [2.24, 2.45) is 5.73 Å². The Labute approximate surface area is 75.5 Å². The summed E-state index contributed by atoms with van der Waals surface area (Å²) < 4.78 is 0. The minimum atomic E-state index is 0.535. The molecule has 0 aromatic heterocycles. The molecule has 1 aliphatic heterocycles. The Balaban J connectivity index is 2.58. The molecule has 0 radical (unpaired) electrons. The molecule has 2 N–H and O–H groups in total. The van der Waals surface area contributed by atoms with Crippen molar-refractivity contribution in [3.63, 3.8) is 0 Å². The lowest BCUT2D eigenvalue weighted by molar-refractivity contribution is 0.188. The first-order chi connectivity index (χ1) is 5.65. The molecule has 1 saturated heterocycles. The van der Waals surface area contributed by atoms with Crippen LogP contribution in [0.5, 0.6) is 0 Å². The van der Waals surface area contributed by atoms with E-state index in [4.69, 9.17) is 5.73 Å². The second kappa shape index (κ2) is 4.21. The molecule has 72 valence electrons. The number of rotatable bonds is 1. The van der Waals surface area contributed by atoms with Gasteiger partial charge in [0.05, 0.1) is 0 Å². The maximum atomic E-state index is 5.72. The van der Waals surface area contributed by atoms with E-state index >= 15 is 0 Å². The molecule has 1 fully saturated rings. The van der Waals surface area contributed by atoms with Crippen LogP contribution in [0, 0.1) is 0 Å². The minimum absolute atomic E-state index is 0.535. The van der Waals surface area contributed by atoms with E-state index in [1.807, 2.05) is 0 Å². The maximum Gasteiger partial charge on any atom is 0.0345 e. The summed E-state index contributed by atoms with van der Waals surface area (Å²) in [6.45, 7) is 5.35. The van der Waals surface area contributed by atoms with Gasteiger partial charge in [0.1, 0.15) is 0 Å². The highest BCUT2D eigenvalue weighted by Gasteiger charge is 2.23. The molecule has 12 heavy (non-hydrogen) atoms. The molecule has 1 heterocycles. The van der Waals surface area contributed by atoms with Gasteiger partial charge in [0, 0.05) is 25.2 Å². The summed E-state index contributed by atoms with van der Waals surface area (Å²) in [5.41, 5.74) is 5.72. The van der Waals surface area contributed by atoms with Gasteiger partial charge in [-0.1, -0.05) is 0 Å². The molecule has 0 aromatic carbocycles. The highest BCUT2D eigenvalue weighted by Crippen LogP contribution is 2.11. The summed E-state index contributed by atoms with van der Waals surface area (Å²) in [5, 5.41) is 0. The van der Waals surface area contributed by atoms with E-state index < -0.39 is 0 Å². The van der Waals surface area contributed by atoms with Crippen molar-refractivity contribution < 1.29 is 0 Å². The summed E-state index contributed by atoms with van der Waals surface area (Å²) in [4.78, 5) is 4.78. The van der Waals surface area contributed by atoms with E-state index in [9.17, 15) is 0 Å². The highest BCUT2D eigenvalue weighted by molar-refractivity contribution is 4.81. The standard InChI is InChI=1S/C9H21N3/c1-8-4-5-11(2)7-9(6-10)12(8)3/h8-9H,4-7,10H2,1-3H3. The summed E-state index contributed by atoms with van der Waals surface area (Å²) in [6.07, 6.45) is 1.25. The summed E-state index contributed by atoms with van der Waals surface area (Å²) in [6, 6.07) is 1.20. The molecule has 1 aliphatic rings. The van der Waals surface area contributed by atoms with Crippen molar-refractivity contribution in [1.29, 1.82) is 0 Å². The molecule has 0 saturated carbocycles. The molecule has 0 spiro atoms. The lowest BCUT2D eigenvalue weighted by Gasteiger charge is -2.29. The van der Waals surface area contributed by atoms with Gasteiger partial charge in [-0.05, 0) is 34.0 Å². The van der Waals surface area contributed by atoms with Crippen molar-refractivity contribution in [2.75, 3.05) is 33.7 Å². The minimum Gasteiger partial charge on any atom is -0.329 e. The van der Waals surface area contributed by atoms with Crippen molar-refractivity contribution in [3.05, 3.63) is 0 Å². The number of hydrogen-bond acceptors (Lipinski definition) is 3. The van der Waals surface area contributed by atoms with Gasteiger partial charge in [0.2, 0.25) is 0 Å². The second-order valence-corrected chi connectivity index (χ2v) is 3.95. The predicted molar refractivity (Wildman–Crippen MR) is 52.2 cm³/mol. The smallest absolute Gasteiger partial charge is 0.0345 e. The van der Waals surface area contributed by atoms with Crippen LogP contribution in [0.15, 0.2) is 0 Å². The molecule has 0 bridgehead atoms. The van der Waals surface area contributed by atoms with Crippen molar-refractivity contribution >= 4 is 0 Å². The third-order valence-corrected chi connectivity index (χ3v) is 2.99. The predicted octanol–water partition coefficient (Wildman–Crippen LogP) is -0.0305. The summed E-state index contributed by atoms with van der Waals surface area (Å²) in [5.74, 6) is 0. The van der Waals surface area contributed by atoms with Crippen LogP contribution in [0.2, 0.25) is 0 Å². The van der Waals surface area contributed by atoms with Crippen LogP contribution in [0.25, 0.3) is 0 Å². The molecule has 1 rings (SSSR count). The fourth-order valence-electron chi connectivity index (χ4n) is 1.79. The third-order valence-electron chi connectivity index (χ3n) is 2.99. The van der Waals surface area contributed by atoms with Gasteiger partial charge in [-0.3, -0.25) is 4.90 Å². The first kappa shape index (κ1) is 9.96. The average molecular weight is 171 g/mol. The Morgan fingerprint density at radius 3 is 2.67 bits per heavy atom. The third kappa shape index (κ3) is 2.19. The average Bonchev–Trinajstić information content (AvgIpc) is 2.18. The van der Waals surface area contributed by atoms with E-state index in [0.29, 0.717) is 12.1 Å². The van der Waals surface area contributed by atoms with Gasteiger partial charge in [-0.25, -0.2) is 0 Å². The maximum absolute atomic E-state index is 5.72. The SMILES string of the molecule is CC1CCN(C)CC(CN)N1C. The number of likely N-dealkylation sites (N-methyl/N-ethyl adjacent to an activating group) is 2. The Bertz CT molecular complexity index is 138. The Morgan fingerprint density at radius 2 is 2.08 bits per heavy atom. The molecule has 3 nitrogen and oxygen atoms in total. The van der Waals surface area contributed by atoms with E-state index in [1.165, 1.54) is 13.0 Å². The van der Waals surface area contributed by atoms with E-state index in [-0.39, 0.29) is 0 Å². The zero-order valence-electron chi connectivity index (χ0n) is 8.45. The molecule has 0 aromatic rings. The summed E-state index contributed by atoms with van der Waals surface area (Å²) in [7, 11) is 4.36. The Morgan fingerprint density at radius 1 is 1.42 bits per heavy atom. The lowest BCUT2D eigenvalue weighted by atomic mass is 10.2. The van der Waals surface area contributed by atoms with E-state index in [0.717, 1.165) is 13.1 Å². The van der Waals surface area contributed by atoms with Crippen LogP contribution in [0.1, 0.15) is 13.3 Å². The zero-order chi connectivity index (χ0) is 9.14. The molecule has 2 unspecified atom stereocenters. The molecule has 2 atom stereocenters. The van der Waals surface area contributed by atoms with Crippen LogP contribution in [0.4, 0.5) is 0 Å². The first-order valence-electron chi connectivity index (χ1n) is 4.75. The molecule has 0 amide bonds. The number of nitrogens with zero attached hydrogens (tertiary/aromatic N) is 2. The van der Waals surface area contributed by atoms with Gasteiger partial charge >= 0.3 is 0 Å². The van der Waals surface area contributed by atoms with Crippen LogP contribution in [-0.2, 0) is 0 Å². The number of hydrogen-bond donors (Lipinski definition) is 1. The molecular formula is C9H21N3. The van der Waals surface area contributed by atoms with Gasteiger partial charge in [-0.15, -0.1) is 0 Å². The first-order valence-corrected chi connectivity index (χ1v) is 4.75. The van der Waals surface area contributed by atoms with Gasteiger partial charge < -0.3 is 10.6 Å². The largest absolute Gasteiger partial charge is 0.329 e. The summed E-state index contributed by atoms with van der Waals surface area (Å²) >= 11 is 0. The topological polar surface area (TPSA) is 32.5 Å². The zero-order valence-corrected chi connectivity index (χ0v) is 8.45. The molecular weight excluding hydrogens is 150 g/mol. The van der Waals surface area contributed by atoms with Gasteiger partial charge in [-0.2, -0.15) is 0 Å². The van der Waals surface area contributed by atoms with Crippen LogP contribution in [-0.4, -0.2) is 55.6 Å². The van der Waals surface area contributed by atoms with Crippen molar-refractivity contribution in [3.8, 4) is 0 Å². The number of nitrogens with two attached hydrogens (primary N) is 1. The molecule has 3 heteroatoms. The van der Waals surface area contributed by atoms with Crippen LogP contribution in [0.3, 0.4) is 0 Å². The molecule has 0 aliphatic carbocycles. The highest BCUT2D eigenvalue weighted by atomic mass is 15.2.